The Labute approximate surface area is 201 Å². The first-order chi connectivity index (χ1) is 15.4. The number of hydrogen-bond acceptors (Lipinski definition) is 5. The minimum Gasteiger partial charge on any atom is -0.495 e. The largest absolute Gasteiger partial charge is 0.495 e. The van der Waals surface area contributed by atoms with Crippen molar-refractivity contribution in [2.75, 3.05) is 12.4 Å². The van der Waals surface area contributed by atoms with E-state index in [4.69, 9.17) is 16.3 Å². The van der Waals surface area contributed by atoms with Crippen molar-refractivity contribution in [3.63, 3.8) is 0 Å². The Kier molecular flexibility index (Phi) is 6.64. The first-order valence-corrected chi connectivity index (χ1v) is 11.8. The summed E-state index contributed by atoms with van der Waals surface area (Å²) in [5.74, 6) is 0.0940. The lowest BCUT2D eigenvalue weighted by Crippen LogP contribution is -2.28. The van der Waals surface area contributed by atoms with Crippen LogP contribution in [0.5, 0.6) is 5.75 Å². The van der Waals surface area contributed by atoms with Gasteiger partial charge in [-0.1, -0.05) is 46.6 Å². The minimum absolute atomic E-state index is 0.186. The molecule has 0 fully saturated rings. The van der Waals surface area contributed by atoms with Gasteiger partial charge >= 0.3 is 0 Å². The lowest BCUT2D eigenvalue weighted by molar-refractivity contribution is -0.116. The summed E-state index contributed by atoms with van der Waals surface area (Å²) in [6, 6.07) is 12.8. The van der Waals surface area contributed by atoms with Crippen molar-refractivity contribution < 1.29 is 9.53 Å². The number of rotatable bonds is 6. The molecular weight excluding hydrogens is 514 g/mol. The highest BCUT2D eigenvalue weighted by Crippen LogP contribution is 2.37. The summed E-state index contributed by atoms with van der Waals surface area (Å²) in [6.45, 7) is 1.87. The van der Waals surface area contributed by atoms with Crippen molar-refractivity contribution in [3.8, 4) is 16.9 Å². The molecule has 2 heterocycles. The van der Waals surface area contributed by atoms with E-state index in [1.165, 1.54) is 29.3 Å². The lowest BCUT2D eigenvalue weighted by Gasteiger charge is -2.11. The summed E-state index contributed by atoms with van der Waals surface area (Å²) in [6.07, 6.45) is 2.20. The average Bonchev–Trinajstić information content (AvgIpc) is 3.16. The summed E-state index contributed by atoms with van der Waals surface area (Å²) >= 11 is 11.0. The smallest absolute Gasteiger partial charge is 0.263 e. The van der Waals surface area contributed by atoms with Gasteiger partial charge in [0.05, 0.1) is 24.5 Å². The van der Waals surface area contributed by atoms with Gasteiger partial charge in [-0.25, -0.2) is 4.98 Å². The first kappa shape index (κ1) is 22.5. The van der Waals surface area contributed by atoms with Gasteiger partial charge in [0.15, 0.2) is 0 Å². The molecule has 4 rings (SSSR count). The van der Waals surface area contributed by atoms with Crippen molar-refractivity contribution in [1.82, 2.24) is 9.55 Å². The van der Waals surface area contributed by atoms with E-state index in [0.717, 1.165) is 26.9 Å². The maximum Gasteiger partial charge on any atom is 0.263 e. The summed E-state index contributed by atoms with van der Waals surface area (Å²) in [5.41, 5.74) is 2.01. The van der Waals surface area contributed by atoms with E-state index >= 15 is 0 Å². The monoisotopic (exact) mass is 531 g/mol. The molecule has 6 nitrogen and oxygen atoms in total. The molecular formula is C23H19BrClN3O3S. The highest BCUT2D eigenvalue weighted by atomic mass is 79.9. The van der Waals surface area contributed by atoms with Crippen LogP contribution < -0.4 is 15.6 Å². The highest BCUT2D eigenvalue weighted by molar-refractivity contribution is 9.10. The predicted molar refractivity (Wildman–Crippen MR) is 133 cm³/mol. The number of aryl methyl sites for hydroxylation is 1. The third-order valence-corrected chi connectivity index (χ3v) is 6.96. The standard InChI is InChI=1S/C23H19BrClN3O3S/c1-3-18-20(13-4-6-14(24)7-5-13)21-22(32-18)26-12-28(23(21)30)11-19(29)27-16-10-15(25)8-9-17(16)31-2/h4-10,12H,3,11H2,1-2H3,(H,27,29). The topological polar surface area (TPSA) is 73.2 Å². The molecule has 0 aliphatic carbocycles. The van der Waals surface area contributed by atoms with Crippen LogP contribution in [0.4, 0.5) is 5.69 Å². The zero-order valence-corrected chi connectivity index (χ0v) is 20.5. The van der Waals surface area contributed by atoms with Crippen LogP contribution in [0.1, 0.15) is 11.8 Å². The maximum atomic E-state index is 13.4. The fraction of sp³-hybridized carbons (Fsp3) is 0.174. The van der Waals surface area contributed by atoms with Crippen LogP contribution in [0.2, 0.25) is 5.02 Å². The number of nitrogens with zero attached hydrogens (tertiary/aromatic N) is 2. The van der Waals surface area contributed by atoms with Crippen molar-refractivity contribution >= 4 is 60.7 Å². The Morgan fingerprint density at radius 3 is 2.69 bits per heavy atom. The van der Waals surface area contributed by atoms with Crippen LogP contribution in [0.25, 0.3) is 21.3 Å². The van der Waals surface area contributed by atoms with Gasteiger partial charge in [-0.05, 0) is 42.3 Å². The van der Waals surface area contributed by atoms with E-state index in [2.05, 4.69) is 33.2 Å². The molecule has 0 saturated carbocycles. The summed E-state index contributed by atoms with van der Waals surface area (Å²) < 4.78 is 7.55. The Morgan fingerprint density at radius 2 is 2.00 bits per heavy atom. The van der Waals surface area contributed by atoms with Crippen molar-refractivity contribution in [3.05, 3.63) is 73.5 Å². The molecule has 2 aromatic carbocycles. The molecule has 0 atom stereocenters. The Hall–Kier alpha value is -2.68. The average molecular weight is 533 g/mol. The van der Waals surface area contributed by atoms with Crippen LogP contribution in [-0.2, 0) is 17.8 Å². The number of thiophene rings is 1. The molecule has 0 unspecified atom stereocenters. The third kappa shape index (κ3) is 4.44. The number of ether oxygens (including phenoxy) is 1. The number of amides is 1. The Balaban J connectivity index is 1.72. The second kappa shape index (κ2) is 9.44. The van der Waals surface area contributed by atoms with Crippen LogP contribution in [0.15, 0.2) is 58.1 Å². The van der Waals surface area contributed by atoms with Gasteiger partial charge in [-0.3, -0.25) is 14.2 Å². The molecule has 1 N–H and O–H groups in total. The van der Waals surface area contributed by atoms with Gasteiger partial charge in [0.2, 0.25) is 5.91 Å². The van der Waals surface area contributed by atoms with Crippen LogP contribution in [0.3, 0.4) is 0 Å². The van der Waals surface area contributed by atoms with Gasteiger partial charge in [-0.15, -0.1) is 11.3 Å². The first-order valence-electron chi connectivity index (χ1n) is 9.81. The lowest BCUT2D eigenvalue weighted by atomic mass is 10.0. The highest BCUT2D eigenvalue weighted by Gasteiger charge is 2.19. The van der Waals surface area contributed by atoms with E-state index in [9.17, 15) is 9.59 Å². The van der Waals surface area contributed by atoms with Gasteiger partial charge in [0, 0.05) is 19.9 Å². The van der Waals surface area contributed by atoms with E-state index in [1.807, 2.05) is 24.3 Å². The number of carbonyl (C=O) groups is 1. The van der Waals surface area contributed by atoms with Gasteiger partial charge < -0.3 is 10.1 Å². The molecule has 1 amide bonds. The predicted octanol–water partition coefficient (Wildman–Crippen LogP) is 5.75. The van der Waals surface area contributed by atoms with Crippen LogP contribution in [-0.4, -0.2) is 22.6 Å². The number of halogens is 2. The molecule has 0 radical (unpaired) electrons. The van der Waals surface area contributed by atoms with Gasteiger partial charge in [0.1, 0.15) is 17.1 Å². The minimum atomic E-state index is -0.384. The van der Waals surface area contributed by atoms with E-state index in [-0.39, 0.29) is 18.0 Å². The molecule has 0 aliphatic heterocycles. The normalized spacial score (nSPS) is 11.0. The SMILES string of the molecule is CCc1sc2ncn(CC(=O)Nc3cc(Cl)ccc3OC)c(=O)c2c1-c1ccc(Br)cc1. The zero-order valence-electron chi connectivity index (χ0n) is 17.3. The van der Waals surface area contributed by atoms with Crippen molar-refractivity contribution in [1.29, 1.82) is 0 Å². The number of nitrogens with one attached hydrogen (secondary N) is 1. The van der Waals surface area contributed by atoms with Crippen LogP contribution >= 0.6 is 38.9 Å². The number of methoxy groups -OCH3 is 1. The molecule has 2 aromatic heterocycles. The Bertz CT molecular complexity index is 1370. The summed E-state index contributed by atoms with van der Waals surface area (Å²) in [5, 5.41) is 3.75. The molecule has 0 saturated heterocycles. The number of benzene rings is 2. The number of anilines is 1. The second-order valence-corrected chi connectivity index (χ2v) is 9.45. The zero-order chi connectivity index (χ0) is 22.8. The summed E-state index contributed by atoms with van der Waals surface area (Å²) in [7, 11) is 1.51. The quantitative estimate of drug-likeness (QED) is 0.343. The van der Waals surface area contributed by atoms with Gasteiger partial charge in [0.25, 0.3) is 5.56 Å². The van der Waals surface area contributed by atoms with Crippen molar-refractivity contribution in [2.45, 2.75) is 19.9 Å². The Morgan fingerprint density at radius 1 is 1.25 bits per heavy atom. The molecule has 4 aromatic rings. The fourth-order valence-electron chi connectivity index (χ4n) is 3.48. The molecule has 164 valence electrons. The molecule has 0 spiro atoms. The third-order valence-electron chi connectivity index (χ3n) is 4.96. The molecule has 32 heavy (non-hydrogen) atoms. The number of aromatic nitrogens is 2. The number of carbonyl (C=O) groups excluding carboxylic acids is 1. The number of hydrogen-bond donors (Lipinski definition) is 1. The van der Waals surface area contributed by atoms with E-state index in [0.29, 0.717) is 26.7 Å². The maximum absolute atomic E-state index is 13.4. The van der Waals surface area contributed by atoms with E-state index in [1.54, 1.807) is 18.2 Å². The van der Waals surface area contributed by atoms with E-state index < -0.39 is 0 Å². The summed E-state index contributed by atoms with van der Waals surface area (Å²) in [4.78, 5) is 32.3. The molecule has 0 aliphatic rings. The van der Waals surface area contributed by atoms with Crippen molar-refractivity contribution in [2.24, 2.45) is 0 Å². The van der Waals surface area contributed by atoms with Crippen LogP contribution in [0, 0.1) is 0 Å². The number of fused-ring (bicyclic) bond motifs is 1. The fourth-order valence-corrected chi connectivity index (χ4v) is 5.01. The molecule has 9 heteroatoms. The second-order valence-electron chi connectivity index (χ2n) is 7.01. The van der Waals surface area contributed by atoms with Gasteiger partial charge in [-0.2, -0.15) is 0 Å². The molecule has 0 bridgehead atoms.